The van der Waals surface area contributed by atoms with Gasteiger partial charge in [-0.3, -0.25) is 0 Å². The van der Waals surface area contributed by atoms with Gasteiger partial charge in [0, 0.05) is 36.6 Å². The SMILES string of the molecule is Nc1ncc(-c2cc(N3C[C@@H](F)[C@@H](F)C3)nc(N3CC4CC3C4)n2)cn1. The minimum absolute atomic E-state index is 0.00134. The number of nitrogen functional groups attached to an aromatic ring is 1. The predicted octanol–water partition coefficient (Wildman–Crippen LogP) is 1.61. The third-order valence-corrected chi connectivity index (χ3v) is 5.54. The molecule has 2 bridgehead atoms. The van der Waals surface area contributed by atoms with Gasteiger partial charge in [-0.25, -0.2) is 23.7 Å². The summed E-state index contributed by atoms with van der Waals surface area (Å²) in [5.74, 6) is 2.03. The molecule has 1 aliphatic carbocycles. The van der Waals surface area contributed by atoms with Gasteiger partial charge in [-0.05, 0) is 18.8 Å². The third kappa shape index (κ3) is 2.53. The van der Waals surface area contributed by atoms with E-state index in [1.165, 1.54) is 0 Å². The van der Waals surface area contributed by atoms with Crippen molar-refractivity contribution in [3.8, 4) is 11.3 Å². The van der Waals surface area contributed by atoms with E-state index >= 15 is 0 Å². The number of hydrogen-bond acceptors (Lipinski definition) is 7. The quantitative estimate of drug-likeness (QED) is 0.891. The lowest BCUT2D eigenvalue weighted by atomic mass is 9.86. The van der Waals surface area contributed by atoms with Crippen LogP contribution in [0.1, 0.15) is 12.8 Å². The molecule has 7 nitrogen and oxygen atoms in total. The number of fused-ring (bicyclic) bond motifs is 1. The average Bonchev–Trinajstić information content (AvgIpc) is 3.30. The summed E-state index contributed by atoms with van der Waals surface area (Å²) in [7, 11) is 0. The van der Waals surface area contributed by atoms with Gasteiger partial charge in [0.25, 0.3) is 0 Å². The summed E-state index contributed by atoms with van der Waals surface area (Å²) in [5, 5.41) is 0. The van der Waals surface area contributed by atoms with E-state index in [1.54, 1.807) is 23.4 Å². The molecule has 2 N–H and O–H groups in total. The van der Waals surface area contributed by atoms with Gasteiger partial charge in [0.2, 0.25) is 11.9 Å². The van der Waals surface area contributed by atoms with Gasteiger partial charge < -0.3 is 15.5 Å². The predicted molar refractivity (Wildman–Crippen MR) is 93.3 cm³/mol. The monoisotopic (exact) mass is 359 g/mol. The third-order valence-electron chi connectivity index (χ3n) is 5.54. The van der Waals surface area contributed by atoms with Crippen molar-refractivity contribution in [1.82, 2.24) is 19.9 Å². The van der Waals surface area contributed by atoms with Crippen molar-refractivity contribution >= 4 is 17.7 Å². The Balaban J connectivity index is 1.55. The molecular formula is C17H19F2N7. The van der Waals surface area contributed by atoms with E-state index in [0.717, 1.165) is 19.4 Å². The van der Waals surface area contributed by atoms with E-state index in [2.05, 4.69) is 24.8 Å². The van der Waals surface area contributed by atoms with Gasteiger partial charge in [0.05, 0.1) is 18.8 Å². The number of aromatic nitrogens is 4. The summed E-state index contributed by atoms with van der Waals surface area (Å²) in [6.07, 6.45) is 2.55. The van der Waals surface area contributed by atoms with Crippen molar-refractivity contribution in [1.29, 1.82) is 0 Å². The van der Waals surface area contributed by atoms with E-state index in [0.29, 0.717) is 35.0 Å². The Kier molecular flexibility index (Phi) is 3.44. The van der Waals surface area contributed by atoms with Gasteiger partial charge in [0.15, 0.2) is 12.3 Å². The minimum Gasteiger partial charge on any atom is -0.368 e. The van der Waals surface area contributed by atoms with Crippen LogP contribution in [0.15, 0.2) is 18.5 Å². The maximum Gasteiger partial charge on any atom is 0.228 e. The highest BCUT2D eigenvalue weighted by Gasteiger charge is 2.44. The van der Waals surface area contributed by atoms with Crippen molar-refractivity contribution < 1.29 is 8.78 Å². The van der Waals surface area contributed by atoms with Gasteiger partial charge in [0.1, 0.15) is 5.82 Å². The second kappa shape index (κ2) is 5.72. The van der Waals surface area contributed by atoms with Crippen molar-refractivity contribution in [2.24, 2.45) is 5.92 Å². The molecule has 136 valence electrons. The maximum atomic E-state index is 13.7. The summed E-state index contributed by atoms with van der Waals surface area (Å²) in [4.78, 5) is 21.2. The molecule has 2 atom stereocenters. The van der Waals surface area contributed by atoms with E-state index in [9.17, 15) is 8.78 Å². The van der Waals surface area contributed by atoms with Gasteiger partial charge in [-0.1, -0.05) is 0 Å². The molecule has 3 aliphatic heterocycles. The van der Waals surface area contributed by atoms with Crippen LogP contribution in [0.2, 0.25) is 0 Å². The lowest BCUT2D eigenvalue weighted by molar-refractivity contribution is 0.217. The number of nitrogens with zero attached hydrogens (tertiary/aromatic N) is 6. The van der Waals surface area contributed by atoms with Crippen LogP contribution in [0.4, 0.5) is 26.5 Å². The Morgan fingerprint density at radius 1 is 1.00 bits per heavy atom. The zero-order chi connectivity index (χ0) is 17.8. The Morgan fingerprint density at radius 3 is 2.31 bits per heavy atom. The molecule has 5 heterocycles. The summed E-state index contributed by atoms with van der Waals surface area (Å²) < 4.78 is 27.4. The average molecular weight is 359 g/mol. The Bertz CT molecular complexity index is 814. The van der Waals surface area contributed by atoms with Crippen molar-refractivity contribution in [2.75, 3.05) is 35.2 Å². The highest BCUT2D eigenvalue weighted by atomic mass is 19.2. The number of anilines is 3. The molecule has 0 spiro atoms. The summed E-state index contributed by atoms with van der Waals surface area (Å²) in [6, 6.07) is 2.20. The fourth-order valence-corrected chi connectivity index (χ4v) is 4.02. The van der Waals surface area contributed by atoms with Crippen LogP contribution < -0.4 is 15.5 Å². The maximum absolute atomic E-state index is 13.7. The van der Waals surface area contributed by atoms with Crippen LogP contribution >= 0.6 is 0 Å². The summed E-state index contributed by atoms with van der Waals surface area (Å²) in [6.45, 7) is 0.936. The number of halogens is 2. The smallest absolute Gasteiger partial charge is 0.228 e. The zero-order valence-electron chi connectivity index (χ0n) is 14.1. The Hall–Kier alpha value is -2.58. The van der Waals surface area contributed by atoms with Crippen molar-refractivity contribution in [3.05, 3.63) is 18.5 Å². The van der Waals surface area contributed by atoms with Gasteiger partial charge in [-0.2, -0.15) is 4.98 Å². The molecule has 0 radical (unpaired) electrons. The Morgan fingerprint density at radius 2 is 1.69 bits per heavy atom. The molecule has 1 saturated carbocycles. The molecule has 2 aromatic rings. The molecule has 2 aromatic heterocycles. The molecule has 0 amide bonds. The molecule has 0 aromatic carbocycles. The highest BCUT2D eigenvalue weighted by Crippen LogP contribution is 2.43. The fourth-order valence-electron chi connectivity index (χ4n) is 4.02. The molecule has 6 rings (SSSR count). The van der Waals surface area contributed by atoms with Crippen LogP contribution in [0.25, 0.3) is 11.3 Å². The largest absolute Gasteiger partial charge is 0.368 e. The van der Waals surface area contributed by atoms with Crippen LogP contribution in [-0.2, 0) is 0 Å². The van der Waals surface area contributed by atoms with E-state index in [4.69, 9.17) is 5.73 Å². The molecule has 9 heteroatoms. The topological polar surface area (TPSA) is 84.1 Å². The normalized spacial score (nSPS) is 29.9. The Labute approximate surface area is 149 Å². The van der Waals surface area contributed by atoms with Gasteiger partial charge >= 0.3 is 0 Å². The first-order chi connectivity index (χ1) is 12.6. The van der Waals surface area contributed by atoms with Crippen LogP contribution in [-0.4, -0.2) is 58.0 Å². The second-order valence-corrected chi connectivity index (χ2v) is 7.32. The number of alkyl halides is 2. The lowest BCUT2D eigenvalue weighted by Gasteiger charge is -2.27. The molecule has 26 heavy (non-hydrogen) atoms. The van der Waals surface area contributed by atoms with E-state index < -0.39 is 12.3 Å². The molecule has 3 saturated heterocycles. The minimum atomic E-state index is -1.49. The summed E-state index contributed by atoms with van der Waals surface area (Å²) >= 11 is 0. The second-order valence-electron chi connectivity index (χ2n) is 7.32. The standard InChI is InChI=1S/C17H19F2N7/c18-12-7-25(8-13(12)19)15-3-14(10-4-21-16(20)22-5-10)23-17(24-15)26-6-9-1-11(26)2-9/h3-5,9,11-13H,1-2,6-8H2,(H2,20,21,22)/t9?,11?,12-,13+. The lowest BCUT2D eigenvalue weighted by Crippen LogP contribution is -2.31. The number of rotatable bonds is 3. The molecule has 4 fully saturated rings. The number of nitrogens with two attached hydrogens (primary N) is 1. The van der Waals surface area contributed by atoms with Crippen molar-refractivity contribution in [2.45, 2.75) is 31.2 Å². The van der Waals surface area contributed by atoms with E-state index in [1.807, 2.05) is 0 Å². The number of hydrogen-bond donors (Lipinski definition) is 1. The molecule has 0 unspecified atom stereocenters. The van der Waals surface area contributed by atoms with Crippen LogP contribution in [0.5, 0.6) is 0 Å². The zero-order valence-corrected chi connectivity index (χ0v) is 14.1. The highest BCUT2D eigenvalue weighted by molar-refractivity contribution is 5.65. The summed E-state index contributed by atoms with van der Waals surface area (Å²) in [5.41, 5.74) is 6.89. The molecule has 4 aliphatic rings. The van der Waals surface area contributed by atoms with Crippen LogP contribution in [0, 0.1) is 5.92 Å². The first kappa shape index (κ1) is 15.7. The fraction of sp³-hybridized carbons (Fsp3) is 0.529. The van der Waals surface area contributed by atoms with Crippen molar-refractivity contribution in [3.63, 3.8) is 0 Å². The van der Waals surface area contributed by atoms with Gasteiger partial charge in [-0.15, -0.1) is 0 Å². The van der Waals surface area contributed by atoms with E-state index in [-0.39, 0.29) is 19.0 Å². The van der Waals surface area contributed by atoms with Crippen LogP contribution in [0.3, 0.4) is 0 Å². The first-order valence-electron chi connectivity index (χ1n) is 8.83. The molecular weight excluding hydrogens is 340 g/mol. The first-order valence-corrected chi connectivity index (χ1v) is 8.83.